The molecule has 0 nitrogen and oxygen atoms in total. The molecule has 0 spiro atoms. The van der Waals surface area contributed by atoms with E-state index in [4.69, 9.17) is 0 Å². The van der Waals surface area contributed by atoms with E-state index in [2.05, 4.69) is 74.4 Å². The van der Waals surface area contributed by atoms with E-state index in [1.807, 2.05) is 23.5 Å². The second kappa shape index (κ2) is 11.1. The van der Waals surface area contributed by atoms with Crippen LogP contribution in [-0.2, 0) is 0 Å². The SMILES string of the molecule is CCCC(S)SC1SCSC(SC(S)CCC)S1. The van der Waals surface area contributed by atoms with E-state index in [1.165, 1.54) is 30.8 Å². The predicted octanol–water partition coefficient (Wildman–Crippen LogP) is 6.30. The fraction of sp³-hybridized carbons (Fsp3) is 1.00. The third-order valence-electron chi connectivity index (χ3n) is 2.24. The van der Waals surface area contributed by atoms with Crippen LogP contribution in [0.4, 0.5) is 0 Å². The average molecular weight is 379 g/mol. The summed E-state index contributed by atoms with van der Waals surface area (Å²) < 4.78 is 2.30. The van der Waals surface area contributed by atoms with Gasteiger partial charge in [-0.05, 0) is 12.8 Å². The van der Waals surface area contributed by atoms with Gasteiger partial charge in [0.25, 0.3) is 0 Å². The highest BCUT2D eigenvalue weighted by molar-refractivity contribution is 8.47. The summed E-state index contributed by atoms with van der Waals surface area (Å²) in [6.45, 7) is 4.46. The molecule has 0 amide bonds. The van der Waals surface area contributed by atoms with Crippen LogP contribution in [0.25, 0.3) is 0 Å². The van der Waals surface area contributed by atoms with Gasteiger partial charge < -0.3 is 0 Å². The highest BCUT2D eigenvalue weighted by atomic mass is 32.3. The summed E-state index contributed by atoms with van der Waals surface area (Å²) in [5.74, 6) is 0. The summed E-state index contributed by atoms with van der Waals surface area (Å²) in [6, 6.07) is 0. The Bertz CT molecular complexity index is 194. The second-order valence-corrected chi connectivity index (χ2v) is 14.1. The quantitative estimate of drug-likeness (QED) is 0.374. The molecule has 4 unspecified atom stereocenters. The molecule has 0 aromatic carbocycles. The molecule has 0 radical (unpaired) electrons. The van der Waals surface area contributed by atoms with Gasteiger partial charge in [-0.3, -0.25) is 0 Å². The maximum atomic E-state index is 4.66. The minimum Gasteiger partial charge on any atom is -0.165 e. The second-order valence-electron chi connectivity index (χ2n) is 3.92. The third-order valence-corrected chi connectivity index (χ3v) is 11.4. The van der Waals surface area contributed by atoms with Crippen molar-refractivity contribution in [2.45, 2.75) is 56.5 Å². The summed E-state index contributed by atoms with van der Waals surface area (Å²) in [5.41, 5.74) is 0. The zero-order chi connectivity index (χ0) is 13.4. The number of thiol groups is 2. The smallest absolute Gasteiger partial charge is 0.0994 e. The highest BCUT2D eigenvalue weighted by Crippen LogP contribution is 2.53. The van der Waals surface area contributed by atoms with E-state index in [0.717, 1.165) is 0 Å². The summed E-state index contributed by atoms with van der Waals surface area (Å²) in [6.07, 6.45) is 4.87. The van der Waals surface area contributed by atoms with Crippen molar-refractivity contribution in [1.82, 2.24) is 0 Å². The summed E-state index contributed by atoms with van der Waals surface area (Å²) in [4.78, 5) is 0. The molecule has 0 aromatic rings. The molecule has 0 N–H and O–H groups in total. The molecule has 0 saturated carbocycles. The number of rotatable bonds is 8. The van der Waals surface area contributed by atoms with Gasteiger partial charge >= 0.3 is 0 Å². The van der Waals surface area contributed by atoms with Crippen LogP contribution in [0.1, 0.15) is 39.5 Å². The molecule has 1 heterocycles. The molecule has 4 atom stereocenters. The minimum atomic E-state index is 0.496. The molecular formula is C11H22S7. The topological polar surface area (TPSA) is 0 Å². The maximum Gasteiger partial charge on any atom is 0.0994 e. The fourth-order valence-corrected chi connectivity index (χ4v) is 13.8. The largest absolute Gasteiger partial charge is 0.165 e. The normalized spacial score (nSPS) is 28.0. The van der Waals surface area contributed by atoms with Crippen molar-refractivity contribution in [1.29, 1.82) is 0 Å². The van der Waals surface area contributed by atoms with Crippen LogP contribution in [0.3, 0.4) is 0 Å². The van der Waals surface area contributed by atoms with Gasteiger partial charge in [-0.2, -0.15) is 25.3 Å². The lowest BCUT2D eigenvalue weighted by atomic mass is 10.4. The number of thioether (sulfide) groups is 5. The molecule has 0 bridgehead atoms. The Hall–Kier alpha value is 2.45. The highest BCUT2D eigenvalue weighted by Gasteiger charge is 2.27. The van der Waals surface area contributed by atoms with Crippen LogP contribution in [0.2, 0.25) is 0 Å². The third kappa shape index (κ3) is 8.03. The standard InChI is InChI=1S/C11H22S7/c1-3-5-8(12)16-10-14-7-15-11(18-10)17-9(13)6-4-2/h8-13H,3-7H2,1-2H3. The fourth-order valence-electron chi connectivity index (χ4n) is 1.35. The Morgan fingerprint density at radius 1 is 1.00 bits per heavy atom. The van der Waals surface area contributed by atoms with Gasteiger partial charge in [0.2, 0.25) is 0 Å². The van der Waals surface area contributed by atoms with Crippen LogP contribution in [0, 0.1) is 0 Å². The van der Waals surface area contributed by atoms with Gasteiger partial charge in [0.1, 0.15) is 0 Å². The van der Waals surface area contributed by atoms with Crippen LogP contribution >= 0.6 is 84.1 Å². The average Bonchev–Trinajstić information content (AvgIpc) is 2.29. The van der Waals surface area contributed by atoms with Gasteiger partial charge in [-0.15, -0.1) is 58.8 Å². The van der Waals surface area contributed by atoms with Gasteiger partial charge in [-0.25, -0.2) is 0 Å². The lowest BCUT2D eigenvalue weighted by molar-refractivity contribution is 0.873. The van der Waals surface area contributed by atoms with Gasteiger partial charge in [-0.1, -0.05) is 26.7 Å². The molecule has 1 saturated heterocycles. The van der Waals surface area contributed by atoms with E-state index in [0.29, 0.717) is 17.0 Å². The lowest BCUT2D eigenvalue weighted by Crippen LogP contribution is -2.11. The van der Waals surface area contributed by atoms with Crippen molar-refractivity contribution in [3.63, 3.8) is 0 Å². The van der Waals surface area contributed by atoms with E-state index in [1.54, 1.807) is 0 Å². The van der Waals surface area contributed by atoms with Crippen LogP contribution in [0.15, 0.2) is 0 Å². The number of hydrogen-bond acceptors (Lipinski definition) is 7. The number of hydrogen-bond donors (Lipinski definition) is 2. The first-order chi connectivity index (χ1) is 8.65. The molecule has 1 fully saturated rings. The Labute approximate surface area is 144 Å². The first-order valence-corrected chi connectivity index (χ1v) is 12.2. The summed E-state index contributed by atoms with van der Waals surface area (Å²) in [7, 11) is 0. The van der Waals surface area contributed by atoms with Crippen molar-refractivity contribution < 1.29 is 0 Å². The zero-order valence-electron chi connectivity index (χ0n) is 10.8. The molecular weight excluding hydrogens is 357 g/mol. The van der Waals surface area contributed by atoms with Gasteiger partial charge in [0.05, 0.1) is 7.83 Å². The van der Waals surface area contributed by atoms with Crippen molar-refractivity contribution in [3.05, 3.63) is 0 Å². The minimum absolute atomic E-state index is 0.496. The van der Waals surface area contributed by atoms with Crippen LogP contribution in [0.5, 0.6) is 0 Å². The monoisotopic (exact) mass is 378 g/mol. The molecule has 18 heavy (non-hydrogen) atoms. The van der Waals surface area contributed by atoms with Crippen LogP contribution in [-0.4, -0.2) is 22.1 Å². The lowest BCUT2D eigenvalue weighted by Gasteiger charge is -2.29. The van der Waals surface area contributed by atoms with Crippen molar-refractivity contribution in [3.8, 4) is 0 Å². The Morgan fingerprint density at radius 2 is 1.44 bits per heavy atom. The molecule has 1 aliphatic heterocycles. The molecule has 1 aliphatic rings. The van der Waals surface area contributed by atoms with Crippen molar-refractivity contribution >= 4 is 84.1 Å². The summed E-state index contributed by atoms with van der Waals surface area (Å²) in [5, 5.41) is 1.21. The van der Waals surface area contributed by atoms with Crippen LogP contribution < -0.4 is 0 Å². The summed E-state index contributed by atoms with van der Waals surface area (Å²) >= 11 is 19.6. The first-order valence-electron chi connectivity index (χ1n) is 6.21. The van der Waals surface area contributed by atoms with E-state index < -0.39 is 0 Å². The molecule has 1 rings (SSSR count). The maximum absolute atomic E-state index is 4.66. The van der Waals surface area contributed by atoms with E-state index in [9.17, 15) is 0 Å². The van der Waals surface area contributed by atoms with Gasteiger partial charge in [0.15, 0.2) is 0 Å². The van der Waals surface area contributed by atoms with E-state index in [-0.39, 0.29) is 0 Å². The van der Waals surface area contributed by atoms with E-state index >= 15 is 0 Å². The van der Waals surface area contributed by atoms with Crippen molar-refractivity contribution in [2.75, 3.05) is 5.08 Å². The Morgan fingerprint density at radius 3 is 1.83 bits per heavy atom. The molecule has 0 aliphatic carbocycles. The Kier molecular flexibility index (Phi) is 11.4. The molecule has 108 valence electrons. The predicted molar refractivity (Wildman–Crippen MR) is 106 cm³/mol. The molecule has 7 heteroatoms. The Balaban J connectivity index is 2.27. The first kappa shape index (κ1) is 18.5. The van der Waals surface area contributed by atoms with Crippen molar-refractivity contribution in [2.24, 2.45) is 0 Å². The van der Waals surface area contributed by atoms with Gasteiger partial charge in [0, 0.05) is 14.2 Å². The zero-order valence-corrected chi connectivity index (χ0v) is 16.7. The molecule has 0 aromatic heterocycles.